The van der Waals surface area contributed by atoms with Gasteiger partial charge >= 0.3 is 0 Å². The average Bonchev–Trinajstić information content (AvgIpc) is 3.09. The molecule has 0 spiro atoms. The Bertz CT molecular complexity index is 759. The van der Waals surface area contributed by atoms with Gasteiger partial charge in [0.05, 0.1) is 11.2 Å². The van der Waals surface area contributed by atoms with Crippen molar-refractivity contribution >= 4 is 10.9 Å². The highest BCUT2D eigenvalue weighted by Gasteiger charge is 2.21. The molecule has 4 rings (SSSR count). The zero-order valence-corrected chi connectivity index (χ0v) is 12.0. The predicted octanol–water partition coefficient (Wildman–Crippen LogP) is 4.95. The van der Waals surface area contributed by atoms with Crippen molar-refractivity contribution in [1.29, 1.82) is 0 Å². The molecule has 1 heterocycles. The molecule has 0 saturated heterocycles. The summed E-state index contributed by atoms with van der Waals surface area (Å²) in [6.45, 7) is 0. The van der Waals surface area contributed by atoms with Gasteiger partial charge in [-0.05, 0) is 18.9 Å². The summed E-state index contributed by atoms with van der Waals surface area (Å²) in [5.74, 6) is 1.46. The molecule has 104 valence electrons. The molecule has 1 saturated carbocycles. The lowest BCUT2D eigenvalue weighted by atomic mass is 9.99. The molecule has 1 fully saturated rings. The van der Waals surface area contributed by atoms with Gasteiger partial charge < -0.3 is 0 Å². The molecule has 0 amide bonds. The first-order valence-electron chi connectivity index (χ1n) is 7.74. The Morgan fingerprint density at radius 3 is 2.29 bits per heavy atom. The average molecular weight is 274 g/mol. The number of benzene rings is 2. The first-order chi connectivity index (χ1) is 10.4. The lowest BCUT2D eigenvalue weighted by Crippen LogP contribution is -2.02. The van der Waals surface area contributed by atoms with Gasteiger partial charge in [-0.3, -0.25) is 0 Å². The number of hydrogen-bond acceptors (Lipinski definition) is 2. The summed E-state index contributed by atoms with van der Waals surface area (Å²) in [6, 6.07) is 18.7. The quantitative estimate of drug-likeness (QED) is 0.660. The first kappa shape index (κ1) is 12.5. The van der Waals surface area contributed by atoms with E-state index in [2.05, 4.69) is 36.4 Å². The number of nitrogens with zero attached hydrogens (tertiary/aromatic N) is 2. The number of aromatic nitrogens is 2. The maximum absolute atomic E-state index is 4.94. The fourth-order valence-electron chi connectivity index (χ4n) is 3.33. The Labute approximate surface area is 124 Å². The predicted molar refractivity (Wildman–Crippen MR) is 86.2 cm³/mol. The highest BCUT2D eigenvalue weighted by atomic mass is 14.9. The fourth-order valence-corrected chi connectivity index (χ4v) is 3.33. The summed E-state index contributed by atoms with van der Waals surface area (Å²) in [7, 11) is 0. The summed E-state index contributed by atoms with van der Waals surface area (Å²) in [5.41, 5.74) is 3.41. The number of fused-ring (bicyclic) bond motifs is 1. The van der Waals surface area contributed by atoms with Gasteiger partial charge in [-0.1, -0.05) is 61.4 Å². The van der Waals surface area contributed by atoms with E-state index in [4.69, 9.17) is 9.97 Å². The molecule has 3 aromatic rings. The van der Waals surface area contributed by atoms with Gasteiger partial charge in [-0.25, -0.2) is 9.97 Å². The zero-order valence-electron chi connectivity index (χ0n) is 12.0. The van der Waals surface area contributed by atoms with Crippen molar-refractivity contribution in [2.24, 2.45) is 0 Å². The minimum Gasteiger partial charge on any atom is -0.232 e. The Kier molecular flexibility index (Phi) is 3.15. The molecule has 21 heavy (non-hydrogen) atoms. The van der Waals surface area contributed by atoms with E-state index in [9.17, 15) is 0 Å². The molecule has 0 unspecified atom stereocenters. The van der Waals surface area contributed by atoms with Gasteiger partial charge in [-0.15, -0.1) is 0 Å². The molecule has 1 aliphatic rings. The second-order valence-corrected chi connectivity index (χ2v) is 5.80. The van der Waals surface area contributed by atoms with E-state index in [1.165, 1.54) is 36.8 Å². The Hall–Kier alpha value is -2.22. The van der Waals surface area contributed by atoms with Crippen molar-refractivity contribution in [1.82, 2.24) is 9.97 Å². The second kappa shape index (κ2) is 5.28. The molecule has 2 heteroatoms. The molecule has 2 nitrogen and oxygen atoms in total. The minimum atomic E-state index is 0.598. The molecule has 1 aromatic heterocycles. The summed E-state index contributed by atoms with van der Waals surface area (Å²) in [5, 5.41) is 1.23. The third kappa shape index (κ3) is 2.31. The number of rotatable bonds is 2. The van der Waals surface area contributed by atoms with Crippen LogP contribution >= 0.6 is 0 Å². The van der Waals surface area contributed by atoms with Gasteiger partial charge in [0.25, 0.3) is 0 Å². The van der Waals surface area contributed by atoms with Crippen molar-refractivity contribution in [2.75, 3.05) is 0 Å². The topological polar surface area (TPSA) is 25.8 Å². The minimum absolute atomic E-state index is 0.598. The molecule has 0 aliphatic heterocycles. The van der Waals surface area contributed by atoms with E-state index in [0.717, 1.165) is 16.9 Å². The van der Waals surface area contributed by atoms with Crippen molar-refractivity contribution in [2.45, 2.75) is 31.6 Å². The van der Waals surface area contributed by atoms with Crippen LogP contribution in [-0.2, 0) is 0 Å². The standard InChI is InChI=1S/C19H18N2/c1-2-10-15(11-3-1)19-20-17-13-7-6-12-16(17)18(21-19)14-8-4-5-9-14/h1-3,6-7,10-14H,4-5,8-9H2. The summed E-state index contributed by atoms with van der Waals surface area (Å²) in [6.07, 6.45) is 5.16. The largest absolute Gasteiger partial charge is 0.232 e. The molecule has 0 bridgehead atoms. The van der Waals surface area contributed by atoms with Crippen LogP contribution in [0.2, 0.25) is 0 Å². The van der Waals surface area contributed by atoms with Crippen LogP contribution in [0.3, 0.4) is 0 Å². The summed E-state index contributed by atoms with van der Waals surface area (Å²) in [4.78, 5) is 9.71. The molecule has 1 aliphatic carbocycles. The van der Waals surface area contributed by atoms with Crippen LogP contribution in [0.25, 0.3) is 22.3 Å². The van der Waals surface area contributed by atoms with E-state index in [0.29, 0.717) is 5.92 Å². The van der Waals surface area contributed by atoms with Crippen LogP contribution in [0, 0.1) is 0 Å². The SMILES string of the molecule is c1ccc(-c2nc(C3CCCC3)c3ccccc3n2)cc1. The molecular formula is C19H18N2. The van der Waals surface area contributed by atoms with E-state index >= 15 is 0 Å². The van der Waals surface area contributed by atoms with Crippen LogP contribution in [0.5, 0.6) is 0 Å². The third-order valence-corrected chi connectivity index (χ3v) is 4.41. The van der Waals surface area contributed by atoms with Crippen molar-refractivity contribution < 1.29 is 0 Å². The zero-order chi connectivity index (χ0) is 14.1. The highest BCUT2D eigenvalue weighted by Crippen LogP contribution is 2.37. The molecule has 2 aromatic carbocycles. The third-order valence-electron chi connectivity index (χ3n) is 4.41. The highest BCUT2D eigenvalue weighted by molar-refractivity contribution is 5.83. The maximum atomic E-state index is 4.94. The van der Waals surface area contributed by atoms with Crippen LogP contribution in [0.1, 0.15) is 37.3 Å². The van der Waals surface area contributed by atoms with E-state index in [1.807, 2.05) is 18.2 Å². The van der Waals surface area contributed by atoms with Gasteiger partial charge in [-0.2, -0.15) is 0 Å². The van der Waals surface area contributed by atoms with E-state index in [1.54, 1.807) is 0 Å². The fraction of sp³-hybridized carbons (Fsp3) is 0.263. The number of hydrogen-bond donors (Lipinski definition) is 0. The lowest BCUT2D eigenvalue weighted by molar-refractivity contribution is 0.704. The van der Waals surface area contributed by atoms with Crippen LogP contribution < -0.4 is 0 Å². The van der Waals surface area contributed by atoms with Crippen molar-refractivity contribution in [3.63, 3.8) is 0 Å². The number of para-hydroxylation sites is 1. The molecule has 0 radical (unpaired) electrons. The second-order valence-electron chi connectivity index (χ2n) is 5.80. The van der Waals surface area contributed by atoms with Crippen LogP contribution in [0.15, 0.2) is 54.6 Å². The van der Waals surface area contributed by atoms with Crippen molar-refractivity contribution in [3.05, 3.63) is 60.3 Å². The van der Waals surface area contributed by atoms with Crippen LogP contribution in [0.4, 0.5) is 0 Å². The van der Waals surface area contributed by atoms with Gasteiger partial charge in [0, 0.05) is 16.9 Å². The Morgan fingerprint density at radius 2 is 1.48 bits per heavy atom. The normalized spacial score (nSPS) is 15.6. The maximum Gasteiger partial charge on any atom is 0.160 e. The summed E-state index contributed by atoms with van der Waals surface area (Å²) >= 11 is 0. The van der Waals surface area contributed by atoms with Gasteiger partial charge in [0.1, 0.15) is 0 Å². The lowest BCUT2D eigenvalue weighted by Gasteiger charge is -2.13. The van der Waals surface area contributed by atoms with Gasteiger partial charge in [0.15, 0.2) is 5.82 Å². The smallest absolute Gasteiger partial charge is 0.160 e. The van der Waals surface area contributed by atoms with Gasteiger partial charge in [0.2, 0.25) is 0 Å². The Morgan fingerprint density at radius 1 is 0.762 bits per heavy atom. The molecule has 0 atom stereocenters. The molecule has 0 N–H and O–H groups in total. The van der Waals surface area contributed by atoms with E-state index in [-0.39, 0.29) is 0 Å². The Balaban J connectivity index is 1.93. The van der Waals surface area contributed by atoms with E-state index < -0.39 is 0 Å². The molecular weight excluding hydrogens is 256 g/mol. The van der Waals surface area contributed by atoms with Crippen LogP contribution in [-0.4, -0.2) is 9.97 Å². The monoisotopic (exact) mass is 274 g/mol. The first-order valence-corrected chi connectivity index (χ1v) is 7.74. The summed E-state index contributed by atoms with van der Waals surface area (Å²) < 4.78 is 0. The van der Waals surface area contributed by atoms with Crippen molar-refractivity contribution in [3.8, 4) is 11.4 Å².